The van der Waals surface area contributed by atoms with Crippen molar-refractivity contribution in [3.8, 4) is 0 Å². The Morgan fingerprint density at radius 1 is 1.20 bits per heavy atom. The molecule has 0 aromatic heterocycles. The number of aliphatic hydroxyl groups excluding tert-OH is 1. The van der Waals surface area contributed by atoms with Crippen molar-refractivity contribution in [1.29, 1.82) is 0 Å². The summed E-state index contributed by atoms with van der Waals surface area (Å²) in [6.07, 6.45) is -0.394. The van der Waals surface area contributed by atoms with Crippen molar-refractivity contribution < 1.29 is 14.2 Å². The third-order valence-electron chi connectivity index (χ3n) is 3.37. The van der Waals surface area contributed by atoms with Gasteiger partial charge < -0.3 is 9.84 Å². The lowest BCUT2D eigenvalue weighted by atomic mass is 10.1. The predicted molar refractivity (Wildman–Crippen MR) is 79.2 cm³/mol. The van der Waals surface area contributed by atoms with Gasteiger partial charge in [0.25, 0.3) is 0 Å². The van der Waals surface area contributed by atoms with Crippen LogP contribution in [0.25, 0.3) is 0 Å². The predicted octanol–water partition coefficient (Wildman–Crippen LogP) is 2.99. The molecule has 114 valence electrons. The molecule has 1 aromatic carbocycles. The molecular weight excluding hydrogens is 257 g/mol. The number of likely N-dealkylation sites (N-methyl/N-ethyl adjacent to an activating group) is 1. The molecule has 20 heavy (non-hydrogen) atoms. The summed E-state index contributed by atoms with van der Waals surface area (Å²) in [5, 5.41) is 10.0. The minimum absolute atomic E-state index is 0.120. The molecule has 0 spiro atoms. The van der Waals surface area contributed by atoms with Gasteiger partial charge in [-0.05, 0) is 45.0 Å². The Balaban J connectivity index is 2.58. The van der Waals surface area contributed by atoms with Crippen LogP contribution in [0, 0.1) is 5.82 Å². The van der Waals surface area contributed by atoms with Crippen LogP contribution in [0.4, 0.5) is 4.39 Å². The van der Waals surface area contributed by atoms with Crippen LogP contribution in [-0.4, -0.2) is 41.9 Å². The van der Waals surface area contributed by atoms with Crippen molar-refractivity contribution in [2.45, 2.75) is 45.9 Å². The number of benzene rings is 1. The van der Waals surface area contributed by atoms with E-state index in [0.29, 0.717) is 13.2 Å². The van der Waals surface area contributed by atoms with E-state index in [1.807, 2.05) is 13.8 Å². The molecule has 2 atom stereocenters. The maximum atomic E-state index is 12.9. The molecule has 0 saturated heterocycles. The van der Waals surface area contributed by atoms with Gasteiger partial charge in [0.1, 0.15) is 5.82 Å². The first kappa shape index (κ1) is 17.1. The van der Waals surface area contributed by atoms with Gasteiger partial charge in [0.05, 0.1) is 18.8 Å². The molecule has 0 aliphatic carbocycles. The van der Waals surface area contributed by atoms with E-state index in [4.69, 9.17) is 4.74 Å². The zero-order valence-electron chi connectivity index (χ0n) is 12.8. The molecule has 4 heteroatoms. The van der Waals surface area contributed by atoms with Gasteiger partial charge in [-0.2, -0.15) is 0 Å². The van der Waals surface area contributed by atoms with Gasteiger partial charge >= 0.3 is 0 Å². The fraction of sp³-hybridized carbons (Fsp3) is 0.625. The Labute approximate surface area is 121 Å². The summed E-state index contributed by atoms with van der Waals surface area (Å²) < 4.78 is 18.4. The number of nitrogens with zero attached hydrogens (tertiary/aromatic N) is 1. The van der Waals surface area contributed by atoms with Crippen LogP contribution >= 0.6 is 0 Å². The van der Waals surface area contributed by atoms with Gasteiger partial charge in [-0.3, -0.25) is 4.90 Å². The number of hydrogen-bond donors (Lipinski definition) is 1. The Kier molecular flexibility index (Phi) is 7.13. The van der Waals surface area contributed by atoms with Crippen LogP contribution in [0.2, 0.25) is 0 Å². The van der Waals surface area contributed by atoms with Crippen LogP contribution in [0.3, 0.4) is 0 Å². The van der Waals surface area contributed by atoms with Crippen molar-refractivity contribution in [2.75, 3.05) is 19.7 Å². The normalized spacial score (nSPS) is 14.8. The van der Waals surface area contributed by atoms with Crippen LogP contribution in [0.15, 0.2) is 24.3 Å². The first-order chi connectivity index (χ1) is 9.43. The summed E-state index contributed by atoms with van der Waals surface area (Å²) in [5.74, 6) is -0.227. The van der Waals surface area contributed by atoms with Crippen LogP contribution < -0.4 is 0 Å². The third kappa shape index (κ3) is 5.57. The number of aliphatic hydroxyl groups is 1. The van der Waals surface area contributed by atoms with E-state index >= 15 is 0 Å². The van der Waals surface area contributed by atoms with Crippen molar-refractivity contribution in [2.24, 2.45) is 0 Å². The average Bonchev–Trinajstić information content (AvgIpc) is 2.42. The van der Waals surface area contributed by atoms with Crippen molar-refractivity contribution in [3.63, 3.8) is 0 Å². The molecule has 3 nitrogen and oxygen atoms in total. The highest BCUT2D eigenvalue weighted by atomic mass is 19.1. The molecule has 1 aromatic rings. The molecule has 0 amide bonds. The Morgan fingerprint density at radius 2 is 1.80 bits per heavy atom. The second-order valence-corrected chi connectivity index (χ2v) is 5.35. The number of ether oxygens (including phenoxy) is 1. The van der Waals surface area contributed by atoms with Gasteiger partial charge in [-0.1, -0.05) is 19.1 Å². The van der Waals surface area contributed by atoms with Gasteiger partial charge in [0, 0.05) is 12.6 Å². The molecule has 0 bridgehead atoms. The van der Waals surface area contributed by atoms with E-state index in [1.165, 1.54) is 12.1 Å². The minimum Gasteiger partial charge on any atom is -0.389 e. The van der Waals surface area contributed by atoms with Crippen molar-refractivity contribution in [1.82, 2.24) is 4.90 Å². The fourth-order valence-corrected chi connectivity index (χ4v) is 2.14. The highest BCUT2D eigenvalue weighted by Crippen LogP contribution is 2.20. The van der Waals surface area contributed by atoms with Gasteiger partial charge in [-0.15, -0.1) is 0 Å². The largest absolute Gasteiger partial charge is 0.389 e. The lowest BCUT2D eigenvalue weighted by molar-refractivity contribution is -0.0126. The lowest BCUT2D eigenvalue weighted by Crippen LogP contribution is -2.37. The van der Waals surface area contributed by atoms with Gasteiger partial charge in [0.2, 0.25) is 0 Å². The molecule has 0 fully saturated rings. The molecule has 0 saturated carbocycles. The SMILES string of the molecule is CCN(CC(O)COC(C)C)C(C)c1ccc(F)cc1. The molecule has 2 unspecified atom stereocenters. The summed E-state index contributed by atoms with van der Waals surface area (Å²) in [4.78, 5) is 2.15. The number of rotatable bonds is 8. The van der Waals surface area contributed by atoms with Gasteiger partial charge in [-0.25, -0.2) is 4.39 Å². The first-order valence-electron chi connectivity index (χ1n) is 7.23. The fourth-order valence-electron chi connectivity index (χ4n) is 2.14. The van der Waals surface area contributed by atoms with Crippen molar-refractivity contribution in [3.05, 3.63) is 35.6 Å². The maximum absolute atomic E-state index is 12.9. The Bertz CT molecular complexity index is 381. The van der Waals surface area contributed by atoms with Crippen molar-refractivity contribution >= 4 is 0 Å². The second kappa shape index (κ2) is 8.35. The summed E-state index contributed by atoms with van der Waals surface area (Å²) in [5.41, 5.74) is 1.05. The highest BCUT2D eigenvalue weighted by molar-refractivity contribution is 5.19. The zero-order chi connectivity index (χ0) is 15.1. The average molecular weight is 283 g/mol. The third-order valence-corrected chi connectivity index (χ3v) is 3.37. The summed E-state index contributed by atoms with van der Waals surface area (Å²) >= 11 is 0. The Morgan fingerprint density at radius 3 is 2.30 bits per heavy atom. The highest BCUT2D eigenvalue weighted by Gasteiger charge is 2.18. The van der Waals surface area contributed by atoms with E-state index < -0.39 is 6.10 Å². The maximum Gasteiger partial charge on any atom is 0.123 e. The molecule has 0 aliphatic rings. The van der Waals surface area contributed by atoms with Crippen LogP contribution in [-0.2, 0) is 4.74 Å². The van der Waals surface area contributed by atoms with Crippen LogP contribution in [0.1, 0.15) is 39.3 Å². The second-order valence-electron chi connectivity index (χ2n) is 5.35. The molecule has 1 N–H and O–H groups in total. The standard InChI is InChI=1S/C16H26FNO2/c1-5-18(10-16(19)11-20-12(2)3)13(4)14-6-8-15(17)9-7-14/h6-9,12-13,16,19H,5,10-11H2,1-4H3. The van der Waals surface area contributed by atoms with E-state index in [-0.39, 0.29) is 18.0 Å². The Hall–Kier alpha value is -0.970. The lowest BCUT2D eigenvalue weighted by Gasteiger charge is -2.30. The summed E-state index contributed by atoms with van der Waals surface area (Å²) in [6.45, 7) is 9.71. The van der Waals surface area contributed by atoms with E-state index in [9.17, 15) is 9.50 Å². The van der Waals surface area contributed by atoms with Crippen LogP contribution in [0.5, 0.6) is 0 Å². The molecule has 0 radical (unpaired) electrons. The topological polar surface area (TPSA) is 32.7 Å². The molecular formula is C16H26FNO2. The quantitative estimate of drug-likeness (QED) is 0.796. The molecule has 0 aliphatic heterocycles. The number of halogens is 1. The summed E-state index contributed by atoms with van der Waals surface area (Å²) in [6, 6.07) is 6.66. The minimum atomic E-state index is -0.514. The van der Waals surface area contributed by atoms with E-state index in [1.54, 1.807) is 12.1 Å². The smallest absolute Gasteiger partial charge is 0.123 e. The monoisotopic (exact) mass is 283 g/mol. The first-order valence-corrected chi connectivity index (χ1v) is 7.23. The summed E-state index contributed by atoms with van der Waals surface area (Å²) in [7, 11) is 0. The molecule has 1 rings (SSSR count). The van der Waals surface area contributed by atoms with E-state index in [2.05, 4.69) is 18.7 Å². The zero-order valence-corrected chi connectivity index (χ0v) is 12.8. The number of hydrogen-bond acceptors (Lipinski definition) is 3. The van der Waals surface area contributed by atoms with Gasteiger partial charge in [0.15, 0.2) is 0 Å². The van der Waals surface area contributed by atoms with E-state index in [0.717, 1.165) is 12.1 Å². The molecule has 0 heterocycles.